The standard InChI is InChI=1S/C24H33N3O4/c1-17-5-7-20(27-11-9-26(3)10-12-27)16-21(17)24(29)25-18(2)19-6-8-22(31-14-13-28)23(15-19)30-4/h5-8,15-16,18,28H,9-14H2,1-4H3,(H,25,29)/t18-/m1/s1. The Morgan fingerprint density at radius 3 is 2.55 bits per heavy atom. The van der Waals surface area contributed by atoms with E-state index in [0.717, 1.165) is 43.0 Å². The molecule has 0 spiro atoms. The van der Waals surface area contributed by atoms with Gasteiger partial charge in [-0.3, -0.25) is 4.79 Å². The largest absolute Gasteiger partial charge is 0.493 e. The molecule has 7 heteroatoms. The van der Waals surface area contributed by atoms with E-state index >= 15 is 0 Å². The first kappa shape index (κ1) is 22.9. The number of piperazine rings is 1. The highest BCUT2D eigenvalue weighted by atomic mass is 16.5. The molecule has 1 amide bonds. The van der Waals surface area contributed by atoms with Crippen molar-refractivity contribution in [1.29, 1.82) is 0 Å². The van der Waals surface area contributed by atoms with Gasteiger partial charge in [0.2, 0.25) is 0 Å². The van der Waals surface area contributed by atoms with Crippen molar-refractivity contribution in [2.75, 3.05) is 58.5 Å². The van der Waals surface area contributed by atoms with Crippen molar-refractivity contribution in [2.24, 2.45) is 0 Å². The van der Waals surface area contributed by atoms with Crippen LogP contribution >= 0.6 is 0 Å². The van der Waals surface area contributed by atoms with Gasteiger partial charge in [-0.25, -0.2) is 0 Å². The van der Waals surface area contributed by atoms with Crippen LogP contribution in [0, 0.1) is 6.92 Å². The van der Waals surface area contributed by atoms with Gasteiger partial charge in [0.15, 0.2) is 11.5 Å². The average Bonchev–Trinajstić information content (AvgIpc) is 2.78. The molecule has 3 rings (SSSR count). The van der Waals surface area contributed by atoms with Gasteiger partial charge in [-0.05, 0) is 56.3 Å². The molecule has 0 aromatic heterocycles. The molecule has 1 fully saturated rings. The van der Waals surface area contributed by atoms with E-state index in [1.165, 1.54) is 0 Å². The molecule has 1 saturated heterocycles. The van der Waals surface area contributed by atoms with Crippen molar-refractivity contribution < 1.29 is 19.4 Å². The predicted octanol–water partition coefficient (Wildman–Crippen LogP) is 2.62. The van der Waals surface area contributed by atoms with Crippen molar-refractivity contribution >= 4 is 11.6 Å². The summed E-state index contributed by atoms with van der Waals surface area (Å²) >= 11 is 0. The normalized spacial score (nSPS) is 15.5. The summed E-state index contributed by atoms with van der Waals surface area (Å²) in [6.45, 7) is 8.00. The van der Waals surface area contributed by atoms with Gasteiger partial charge < -0.3 is 29.7 Å². The molecule has 1 aliphatic heterocycles. The van der Waals surface area contributed by atoms with Crippen LogP contribution < -0.4 is 19.7 Å². The molecule has 1 heterocycles. The first-order chi connectivity index (χ1) is 14.9. The van der Waals surface area contributed by atoms with Crippen LogP contribution in [-0.2, 0) is 0 Å². The second kappa shape index (κ2) is 10.5. The Labute approximate surface area is 184 Å². The Morgan fingerprint density at radius 2 is 1.87 bits per heavy atom. The number of hydrogen-bond donors (Lipinski definition) is 2. The van der Waals surface area contributed by atoms with Crippen molar-refractivity contribution in [3.05, 3.63) is 53.1 Å². The number of methoxy groups -OCH3 is 1. The number of likely N-dealkylation sites (N-methyl/N-ethyl adjacent to an activating group) is 1. The lowest BCUT2D eigenvalue weighted by Gasteiger charge is -2.34. The molecular formula is C24H33N3O4. The predicted molar refractivity (Wildman–Crippen MR) is 122 cm³/mol. The highest BCUT2D eigenvalue weighted by Crippen LogP contribution is 2.30. The summed E-state index contributed by atoms with van der Waals surface area (Å²) in [5, 5.41) is 12.1. The monoisotopic (exact) mass is 427 g/mol. The van der Waals surface area contributed by atoms with Crippen molar-refractivity contribution in [1.82, 2.24) is 10.2 Å². The number of carbonyl (C=O) groups excluding carboxylic acids is 1. The van der Waals surface area contributed by atoms with E-state index in [1.807, 2.05) is 38.1 Å². The van der Waals surface area contributed by atoms with E-state index < -0.39 is 0 Å². The average molecular weight is 428 g/mol. The fraction of sp³-hybridized carbons (Fsp3) is 0.458. The molecule has 1 atom stereocenters. The molecule has 0 radical (unpaired) electrons. The molecule has 31 heavy (non-hydrogen) atoms. The Bertz CT molecular complexity index is 894. The Balaban J connectivity index is 1.72. The second-order valence-electron chi connectivity index (χ2n) is 7.97. The van der Waals surface area contributed by atoms with Crippen LogP contribution in [0.5, 0.6) is 11.5 Å². The summed E-state index contributed by atoms with van der Waals surface area (Å²) in [6.07, 6.45) is 0. The molecule has 0 saturated carbocycles. The third kappa shape index (κ3) is 5.68. The second-order valence-corrected chi connectivity index (χ2v) is 7.97. The molecule has 168 valence electrons. The smallest absolute Gasteiger partial charge is 0.252 e. The number of anilines is 1. The van der Waals surface area contributed by atoms with E-state index in [-0.39, 0.29) is 25.2 Å². The van der Waals surface area contributed by atoms with Crippen molar-refractivity contribution in [3.8, 4) is 11.5 Å². The van der Waals surface area contributed by atoms with Gasteiger partial charge in [0.05, 0.1) is 19.8 Å². The van der Waals surface area contributed by atoms with Gasteiger partial charge in [-0.15, -0.1) is 0 Å². The minimum Gasteiger partial charge on any atom is -0.493 e. The van der Waals surface area contributed by atoms with E-state index in [4.69, 9.17) is 14.6 Å². The lowest BCUT2D eigenvalue weighted by Crippen LogP contribution is -2.44. The maximum absolute atomic E-state index is 13.1. The van der Waals surface area contributed by atoms with Crippen LogP contribution in [0.1, 0.15) is 34.5 Å². The summed E-state index contributed by atoms with van der Waals surface area (Å²) in [4.78, 5) is 17.7. The number of carbonyl (C=O) groups is 1. The minimum absolute atomic E-state index is 0.0656. The number of ether oxygens (including phenoxy) is 2. The number of aliphatic hydroxyl groups is 1. The van der Waals surface area contributed by atoms with Crippen molar-refractivity contribution in [2.45, 2.75) is 19.9 Å². The number of aryl methyl sites for hydroxylation is 1. The number of hydrogen-bond acceptors (Lipinski definition) is 6. The highest BCUT2D eigenvalue weighted by molar-refractivity contribution is 5.96. The summed E-state index contributed by atoms with van der Waals surface area (Å²) in [7, 11) is 3.70. The zero-order valence-electron chi connectivity index (χ0n) is 18.9. The van der Waals surface area contributed by atoms with Gasteiger partial charge in [-0.2, -0.15) is 0 Å². The van der Waals surface area contributed by atoms with E-state index in [9.17, 15) is 4.79 Å². The molecule has 0 bridgehead atoms. The van der Waals surface area contributed by atoms with Gasteiger partial charge >= 0.3 is 0 Å². The Hall–Kier alpha value is -2.77. The number of aliphatic hydroxyl groups excluding tert-OH is 1. The number of rotatable bonds is 8. The summed E-state index contributed by atoms with van der Waals surface area (Å²) in [5.74, 6) is 1.04. The maximum Gasteiger partial charge on any atom is 0.252 e. The lowest BCUT2D eigenvalue weighted by atomic mass is 10.0. The zero-order chi connectivity index (χ0) is 22.4. The van der Waals surface area contributed by atoms with Crippen LogP contribution in [0.25, 0.3) is 0 Å². The fourth-order valence-electron chi connectivity index (χ4n) is 3.70. The summed E-state index contributed by atoms with van der Waals surface area (Å²) < 4.78 is 10.9. The molecular weight excluding hydrogens is 394 g/mol. The molecule has 0 unspecified atom stereocenters. The molecule has 2 aromatic carbocycles. The summed E-state index contributed by atoms with van der Waals surface area (Å²) in [5.41, 5.74) is 3.64. The van der Waals surface area contributed by atoms with E-state index in [2.05, 4.69) is 28.2 Å². The van der Waals surface area contributed by atoms with Crippen molar-refractivity contribution in [3.63, 3.8) is 0 Å². The highest BCUT2D eigenvalue weighted by Gasteiger charge is 2.19. The molecule has 2 N–H and O–H groups in total. The zero-order valence-corrected chi connectivity index (χ0v) is 18.9. The molecule has 2 aromatic rings. The fourth-order valence-corrected chi connectivity index (χ4v) is 3.70. The minimum atomic E-state index is -0.208. The van der Waals surface area contributed by atoms with Gasteiger partial charge in [0.25, 0.3) is 5.91 Å². The number of nitrogens with one attached hydrogen (secondary N) is 1. The van der Waals surface area contributed by atoms with Crippen LogP contribution in [0.15, 0.2) is 36.4 Å². The van der Waals surface area contributed by atoms with Crippen LogP contribution in [0.3, 0.4) is 0 Å². The molecule has 0 aliphatic carbocycles. The van der Waals surface area contributed by atoms with Gasteiger partial charge in [0.1, 0.15) is 6.61 Å². The first-order valence-corrected chi connectivity index (χ1v) is 10.7. The lowest BCUT2D eigenvalue weighted by molar-refractivity contribution is 0.0939. The van der Waals surface area contributed by atoms with Gasteiger partial charge in [-0.1, -0.05) is 12.1 Å². The topological polar surface area (TPSA) is 74.3 Å². The Kier molecular flexibility index (Phi) is 7.76. The molecule has 1 aliphatic rings. The van der Waals surface area contributed by atoms with Gasteiger partial charge in [0, 0.05) is 37.4 Å². The van der Waals surface area contributed by atoms with E-state index in [1.54, 1.807) is 13.2 Å². The van der Waals surface area contributed by atoms with Crippen LogP contribution in [0.2, 0.25) is 0 Å². The quantitative estimate of drug-likeness (QED) is 0.675. The third-order valence-electron chi connectivity index (χ3n) is 5.72. The Morgan fingerprint density at radius 1 is 1.13 bits per heavy atom. The summed E-state index contributed by atoms with van der Waals surface area (Å²) in [6, 6.07) is 11.4. The van der Waals surface area contributed by atoms with E-state index in [0.29, 0.717) is 17.1 Å². The third-order valence-corrected chi connectivity index (χ3v) is 5.72. The maximum atomic E-state index is 13.1. The van der Waals surface area contributed by atoms with Crippen LogP contribution in [-0.4, -0.2) is 69.5 Å². The first-order valence-electron chi connectivity index (χ1n) is 10.7. The van der Waals surface area contributed by atoms with Crippen LogP contribution in [0.4, 0.5) is 5.69 Å². The SMILES string of the molecule is COc1cc([C@@H](C)NC(=O)c2cc(N3CCN(C)CC3)ccc2C)ccc1OCCO. The number of benzene rings is 2. The molecule has 7 nitrogen and oxygen atoms in total. The number of amides is 1. The number of nitrogens with zero attached hydrogens (tertiary/aromatic N) is 2.